The Morgan fingerprint density at radius 1 is 1.27 bits per heavy atom. The zero-order valence-corrected chi connectivity index (χ0v) is 8.75. The highest BCUT2D eigenvalue weighted by molar-refractivity contribution is 5.98. The first-order valence-corrected chi connectivity index (χ1v) is 5.15. The van der Waals surface area contributed by atoms with Gasteiger partial charge in [-0.05, 0) is 37.0 Å². The van der Waals surface area contributed by atoms with Crippen molar-refractivity contribution in [1.82, 2.24) is 0 Å². The Kier molecular flexibility index (Phi) is 2.62. The summed E-state index contributed by atoms with van der Waals surface area (Å²) in [5.74, 6) is 0.621. The number of hydrogen-bond acceptors (Lipinski definition) is 3. The number of hydrogen-bond donors (Lipinski definition) is 1. The van der Waals surface area contributed by atoms with Crippen molar-refractivity contribution >= 4 is 5.78 Å². The van der Waals surface area contributed by atoms with Crippen LogP contribution in [0.1, 0.15) is 35.2 Å². The van der Waals surface area contributed by atoms with Gasteiger partial charge in [-0.3, -0.25) is 4.79 Å². The summed E-state index contributed by atoms with van der Waals surface area (Å²) in [6, 6.07) is 3.30. The Balaban J connectivity index is 2.51. The second-order valence-corrected chi connectivity index (χ2v) is 3.81. The summed E-state index contributed by atoms with van der Waals surface area (Å²) in [6.07, 6.45) is 3.42. The number of phenols is 1. The van der Waals surface area contributed by atoms with Crippen LogP contribution in [0.4, 0.5) is 0 Å². The summed E-state index contributed by atoms with van der Waals surface area (Å²) in [4.78, 5) is 11.7. The second-order valence-electron chi connectivity index (χ2n) is 3.81. The van der Waals surface area contributed by atoms with Crippen LogP contribution < -0.4 is 4.74 Å². The van der Waals surface area contributed by atoms with Crippen LogP contribution in [0.25, 0.3) is 0 Å². The number of aryl methyl sites for hydroxylation is 1. The van der Waals surface area contributed by atoms with Crippen molar-refractivity contribution in [3.05, 3.63) is 23.3 Å². The van der Waals surface area contributed by atoms with Crippen LogP contribution in [0.2, 0.25) is 0 Å². The average molecular weight is 206 g/mol. The smallest absolute Gasteiger partial charge is 0.163 e. The topological polar surface area (TPSA) is 46.5 Å². The lowest BCUT2D eigenvalue weighted by Gasteiger charge is -2.09. The Hall–Kier alpha value is -1.51. The normalized spacial score (nSPS) is 15.7. The van der Waals surface area contributed by atoms with Gasteiger partial charge in [0.25, 0.3) is 0 Å². The fourth-order valence-electron chi connectivity index (χ4n) is 1.98. The SMILES string of the molecule is COc1cc2c(cc1O)C(=O)CCCC2. The summed E-state index contributed by atoms with van der Waals surface area (Å²) >= 11 is 0. The molecule has 80 valence electrons. The van der Waals surface area contributed by atoms with E-state index < -0.39 is 0 Å². The number of fused-ring (bicyclic) bond motifs is 1. The van der Waals surface area contributed by atoms with Crippen LogP contribution in [0.5, 0.6) is 11.5 Å². The highest BCUT2D eigenvalue weighted by atomic mass is 16.5. The summed E-state index contributed by atoms with van der Waals surface area (Å²) in [5, 5.41) is 9.60. The quantitative estimate of drug-likeness (QED) is 0.717. The number of ketones is 1. The van der Waals surface area contributed by atoms with E-state index in [0.29, 0.717) is 17.7 Å². The molecule has 3 nitrogen and oxygen atoms in total. The van der Waals surface area contributed by atoms with E-state index in [2.05, 4.69) is 0 Å². The number of carbonyl (C=O) groups excluding carboxylic acids is 1. The van der Waals surface area contributed by atoms with E-state index in [1.807, 2.05) is 0 Å². The van der Waals surface area contributed by atoms with Gasteiger partial charge in [0, 0.05) is 12.0 Å². The summed E-state index contributed by atoms with van der Waals surface area (Å²) in [5.41, 5.74) is 1.65. The van der Waals surface area contributed by atoms with Gasteiger partial charge in [0.1, 0.15) is 0 Å². The van der Waals surface area contributed by atoms with Crippen LogP contribution >= 0.6 is 0 Å². The predicted molar refractivity (Wildman–Crippen MR) is 56.5 cm³/mol. The van der Waals surface area contributed by atoms with Crippen LogP contribution in [-0.2, 0) is 6.42 Å². The molecular formula is C12H14O3. The van der Waals surface area contributed by atoms with Gasteiger partial charge in [0.05, 0.1) is 7.11 Å². The first-order chi connectivity index (χ1) is 7.22. The first kappa shape index (κ1) is 10.0. The van der Waals surface area contributed by atoms with E-state index in [4.69, 9.17) is 4.74 Å². The average Bonchev–Trinajstić information content (AvgIpc) is 2.40. The van der Waals surface area contributed by atoms with Crippen molar-refractivity contribution in [2.75, 3.05) is 7.11 Å². The summed E-state index contributed by atoms with van der Waals surface area (Å²) in [7, 11) is 1.51. The first-order valence-electron chi connectivity index (χ1n) is 5.15. The maximum Gasteiger partial charge on any atom is 0.163 e. The zero-order valence-electron chi connectivity index (χ0n) is 8.75. The van der Waals surface area contributed by atoms with Crippen LogP contribution in [0.3, 0.4) is 0 Å². The molecule has 1 aromatic carbocycles. The lowest BCUT2D eigenvalue weighted by atomic mass is 10.0. The standard InChI is InChI=1S/C12H14O3/c1-15-12-6-8-4-2-3-5-10(13)9(8)7-11(12)14/h6-7,14H,2-5H2,1H3. The van der Waals surface area contributed by atoms with Crippen LogP contribution in [0.15, 0.2) is 12.1 Å². The van der Waals surface area contributed by atoms with Gasteiger partial charge in [0.15, 0.2) is 17.3 Å². The molecule has 3 heteroatoms. The van der Waals surface area contributed by atoms with Gasteiger partial charge in [-0.1, -0.05) is 0 Å². The molecule has 0 saturated carbocycles. The Morgan fingerprint density at radius 3 is 2.73 bits per heavy atom. The van der Waals surface area contributed by atoms with E-state index >= 15 is 0 Å². The maximum atomic E-state index is 11.7. The molecule has 2 rings (SSSR count). The molecular weight excluding hydrogens is 192 g/mol. The van der Waals surface area contributed by atoms with Gasteiger partial charge in [-0.2, -0.15) is 0 Å². The zero-order chi connectivity index (χ0) is 10.8. The molecule has 0 bridgehead atoms. The highest BCUT2D eigenvalue weighted by Gasteiger charge is 2.18. The highest BCUT2D eigenvalue weighted by Crippen LogP contribution is 2.32. The van der Waals surface area contributed by atoms with Gasteiger partial charge in [-0.15, -0.1) is 0 Å². The minimum Gasteiger partial charge on any atom is -0.504 e. The van der Waals surface area contributed by atoms with Crippen LogP contribution in [-0.4, -0.2) is 18.0 Å². The fraction of sp³-hybridized carbons (Fsp3) is 0.417. The molecule has 15 heavy (non-hydrogen) atoms. The molecule has 1 aromatic rings. The van der Waals surface area contributed by atoms with Crippen molar-refractivity contribution in [1.29, 1.82) is 0 Å². The van der Waals surface area contributed by atoms with E-state index in [9.17, 15) is 9.90 Å². The van der Waals surface area contributed by atoms with Gasteiger partial charge in [0.2, 0.25) is 0 Å². The molecule has 0 amide bonds. The second kappa shape index (κ2) is 3.93. The number of ether oxygens (including phenoxy) is 1. The molecule has 0 saturated heterocycles. The molecule has 1 aliphatic rings. The van der Waals surface area contributed by atoms with Crippen molar-refractivity contribution in [3.8, 4) is 11.5 Å². The third kappa shape index (κ3) is 1.82. The number of carbonyl (C=O) groups is 1. The molecule has 0 radical (unpaired) electrons. The van der Waals surface area contributed by atoms with Crippen molar-refractivity contribution in [2.24, 2.45) is 0 Å². The minimum absolute atomic E-state index is 0.0477. The van der Waals surface area contributed by atoms with E-state index in [1.165, 1.54) is 13.2 Å². The molecule has 0 heterocycles. The molecule has 0 atom stereocenters. The third-order valence-corrected chi connectivity index (χ3v) is 2.81. The molecule has 0 unspecified atom stereocenters. The Labute approximate surface area is 88.7 Å². The fourth-order valence-corrected chi connectivity index (χ4v) is 1.98. The number of rotatable bonds is 1. The van der Waals surface area contributed by atoms with Crippen molar-refractivity contribution in [3.63, 3.8) is 0 Å². The summed E-state index contributed by atoms with van der Waals surface area (Å²) < 4.78 is 5.03. The Bertz CT molecular complexity index is 396. The molecule has 1 N–H and O–H groups in total. The molecule has 1 aliphatic carbocycles. The predicted octanol–water partition coefficient (Wildman–Crippen LogP) is 2.31. The molecule has 0 aliphatic heterocycles. The van der Waals surface area contributed by atoms with E-state index in [-0.39, 0.29) is 11.5 Å². The number of methoxy groups -OCH3 is 1. The van der Waals surface area contributed by atoms with Crippen molar-refractivity contribution < 1.29 is 14.6 Å². The van der Waals surface area contributed by atoms with Crippen molar-refractivity contribution in [2.45, 2.75) is 25.7 Å². The number of Topliss-reactive ketones (excluding diaryl/α,β-unsaturated/α-hetero) is 1. The lowest BCUT2D eigenvalue weighted by Crippen LogP contribution is -2.00. The minimum atomic E-state index is 0.0477. The van der Waals surface area contributed by atoms with Gasteiger partial charge < -0.3 is 9.84 Å². The third-order valence-electron chi connectivity index (χ3n) is 2.81. The van der Waals surface area contributed by atoms with E-state index in [0.717, 1.165) is 24.8 Å². The van der Waals surface area contributed by atoms with E-state index in [1.54, 1.807) is 6.07 Å². The monoisotopic (exact) mass is 206 g/mol. The van der Waals surface area contributed by atoms with Gasteiger partial charge >= 0.3 is 0 Å². The number of benzene rings is 1. The van der Waals surface area contributed by atoms with Crippen LogP contribution in [0, 0.1) is 0 Å². The lowest BCUT2D eigenvalue weighted by molar-refractivity contribution is 0.0981. The molecule has 0 spiro atoms. The molecule has 0 fully saturated rings. The number of aromatic hydroxyl groups is 1. The Morgan fingerprint density at radius 2 is 2.00 bits per heavy atom. The largest absolute Gasteiger partial charge is 0.504 e. The van der Waals surface area contributed by atoms with Gasteiger partial charge in [-0.25, -0.2) is 0 Å². The maximum absolute atomic E-state index is 11.7. The number of phenolic OH excluding ortho intramolecular Hbond substituents is 1. The molecule has 0 aromatic heterocycles. The summed E-state index contributed by atoms with van der Waals surface area (Å²) in [6.45, 7) is 0.